The summed E-state index contributed by atoms with van der Waals surface area (Å²) in [6.45, 7) is 3.80. The lowest BCUT2D eigenvalue weighted by Gasteiger charge is -2.21. The van der Waals surface area contributed by atoms with Gasteiger partial charge in [-0.05, 0) is 37.4 Å². The van der Waals surface area contributed by atoms with Crippen LogP contribution < -0.4 is 5.32 Å². The van der Waals surface area contributed by atoms with E-state index in [0.717, 1.165) is 10.6 Å². The molecule has 0 fully saturated rings. The second-order valence-electron chi connectivity index (χ2n) is 5.18. The minimum atomic E-state index is -0.606. The van der Waals surface area contributed by atoms with Gasteiger partial charge in [0.05, 0.1) is 5.41 Å². The molecule has 0 aliphatic heterocycles. The van der Waals surface area contributed by atoms with Crippen LogP contribution in [-0.2, 0) is 10.2 Å². The van der Waals surface area contributed by atoms with Gasteiger partial charge in [0.1, 0.15) is 5.69 Å². The fourth-order valence-corrected chi connectivity index (χ4v) is 3.43. The summed E-state index contributed by atoms with van der Waals surface area (Å²) in [5.74, 6) is -0.0985. The Morgan fingerprint density at radius 2 is 2.05 bits per heavy atom. The Kier molecular flexibility index (Phi) is 4.00. The van der Waals surface area contributed by atoms with E-state index in [1.165, 1.54) is 11.3 Å². The summed E-state index contributed by atoms with van der Waals surface area (Å²) < 4.78 is 0. The maximum absolute atomic E-state index is 12.5. The second-order valence-corrected chi connectivity index (χ2v) is 7.11. The van der Waals surface area contributed by atoms with Gasteiger partial charge in [-0.3, -0.25) is 15.1 Å². The normalized spacial score (nSPS) is 11.4. The van der Waals surface area contributed by atoms with Gasteiger partial charge in [-0.2, -0.15) is 0 Å². The Hall–Kier alpha value is -2.12. The number of rotatable bonds is 4. The molecule has 0 atom stereocenters. The molecule has 7 heteroatoms. The van der Waals surface area contributed by atoms with Crippen LogP contribution in [0.2, 0.25) is 0 Å². The minimum Gasteiger partial charge on any atom is -0.300 e. The largest absolute Gasteiger partial charge is 0.300 e. The number of carbonyl (C=O) groups excluding carboxylic acids is 1. The fourth-order valence-electron chi connectivity index (χ4n) is 1.87. The number of anilines is 1. The first kappa shape index (κ1) is 14.8. The van der Waals surface area contributed by atoms with Crippen LogP contribution in [0, 0.1) is 0 Å². The lowest BCUT2D eigenvalue weighted by Crippen LogP contribution is -2.33. The van der Waals surface area contributed by atoms with Gasteiger partial charge in [0.25, 0.3) is 0 Å². The van der Waals surface area contributed by atoms with Crippen LogP contribution in [-0.4, -0.2) is 21.1 Å². The number of hydrogen-bond acceptors (Lipinski definition) is 6. The SMILES string of the molecule is CC(C)(C(=O)Nc1nnc(-c2ccccn2)s1)c1cccs1. The molecule has 3 rings (SSSR count). The quantitative estimate of drug-likeness (QED) is 0.794. The molecule has 5 nitrogen and oxygen atoms in total. The highest BCUT2D eigenvalue weighted by Crippen LogP contribution is 2.30. The molecular formula is C15H14N4OS2. The number of thiophene rings is 1. The lowest BCUT2D eigenvalue weighted by atomic mass is 9.90. The van der Waals surface area contributed by atoms with Gasteiger partial charge in [0.2, 0.25) is 11.0 Å². The summed E-state index contributed by atoms with van der Waals surface area (Å²) in [6, 6.07) is 9.50. The number of carbonyl (C=O) groups is 1. The molecule has 1 N–H and O–H groups in total. The molecule has 22 heavy (non-hydrogen) atoms. The maximum atomic E-state index is 12.5. The maximum Gasteiger partial charge on any atom is 0.237 e. The first-order valence-electron chi connectivity index (χ1n) is 6.68. The van der Waals surface area contributed by atoms with Crippen molar-refractivity contribution in [1.29, 1.82) is 0 Å². The molecule has 0 bridgehead atoms. The molecule has 3 aromatic rings. The zero-order valence-corrected chi connectivity index (χ0v) is 13.7. The first-order chi connectivity index (χ1) is 10.6. The van der Waals surface area contributed by atoms with E-state index in [0.29, 0.717) is 10.1 Å². The highest BCUT2D eigenvalue weighted by molar-refractivity contribution is 7.18. The summed E-state index contributed by atoms with van der Waals surface area (Å²) in [4.78, 5) is 17.7. The van der Waals surface area contributed by atoms with Crippen LogP contribution >= 0.6 is 22.7 Å². The van der Waals surface area contributed by atoms with Crippen LogP contribution in [0.5, 0.6) is 0 Å². The molecule has 3 aromatic heterocycles. The third-order valence-corrected chi connectivity index (χ3v) is 5.29. The van der Waals surface area contributed by atoms with Crippen LogP contribution in [0.4, 0.5) is 5.13 Å². The van der Waals surface area contributed by atoms with Crippen molar-refractivity contribution in [3.8, 4) is 10.7 Å². The van der Waals surface area contributed by atoms with Gasteiger partial charge in [-0.25, -0.2) is 0 Å². The molecule has 0 aliphatic carbocycles. The molecular weight excluding hydrogens is 316 g/mol. The summed E-state index contributed by atoms with van der Waals surface area (Å²) >= 11 is 2.88. The minimum absolute atomic E-state index is 0.0985. The third-order valence-electron chi connectivity index (χ3n) is 3.23. The van der Waals surface area contributed by atoms with Crippen molar-refractivity contribution in [3.63, 3.8) is 0 Å². The van der Waals surface area contributed by atoms with Gasteiger partial charge < -0.3 is 0 Å². The fraction of sp³-hybridized carbons (Fsp3) is 0.200. The highest BCUT2D eigenvalue weighted by Gasteiger charge is 2.31. The highest BCUT2D eigenvalue weighted by atomic mass is 32.1. The number of hydrogen-bond donors (Lipinski definition) is 1. The molecule has 0 aromatic carbocycles. The average Bonchev–Trinajstić information content (AvgIpc) is 3.20. The Morgan fingerprint density at radius 1 is 1.18 bits per heavy atom. The molecule has 0 spiro atoms. The monoisotopic (exact) mass is 330 g/mol. The topological polar surface area (TPSA) is 67.8 Å². The standard InChI is InChI=1S/C15H14N4OS2/c1-15(2,11-7-5-9-21-11)13(20)17-14-19-18-12(22-14)10-6-3-4-8-16-10/h3-9H,1-2H3,(H,17,19,20). The lowest BCUT2D eigenvalue weighted by molar-refractivity contribution is -0.120. The predicted octanol–water partition coefficient (Wildman–Crippen LogP) is 3.58. The van der Waals surface area contributed by atoms with Crippen molar-refractivity contribution in [1.82, 2.24) is 15.2 Å². The Balaban J connectivity index is 1.77. The van der Waals surface area contributed by atoms with E-state index in [1.807, 2.05) is 49.6 Å². The Bertz CT molecular complexity index is 766. The predicted molar refractivity (Wildman–Crippen MR) is 89.1 cm³/mol. The molecule has 0 saturated carbocycles. The number of aromatic nitrogens is 3. The van der Waals surface area contributed by atoms with Gasteiger partial charge in [-0.15, -0.1) is 21.5 Å². The van der Waals surface area contributed by atoms with Crippen LogP contribution in [0.25, 0.3) is 10.7 Å². The van der Waals surface area contributed by atoms with Crippen molar-refractivity contribution >= 4 is 33.7 Å². The molecule has 0 unspecified atom stereocenters. The summed E-state index contributed by atoms with van der Waals surface area (Å²) in [5.41, 5.74) is 0.142. The van der Waals surface area contributed by atoms with Gasteiger partial charge in [0, 0.05) is 11.1 Å². The molecule has 112 valence electrons. The zero-order chi connectivity index (χ0) is 15.6. The molecule has 3 heterocycles. The average molecular weight is 330 g/mol. The molecule has 0 aliphatic rings. The van der Waals surface area contributed by atoms with E-state index < -0.39 is 5.41 Å². The number of amides is 1. The number of nitrogens with zero attached hydrogens (tertiary/aromatic N) is 3. The zero-order valence-electron chi connectivity index (χ0n) is 12.1. The van der Waals surface area contributed by atoms with Gasteiger partial charge in [-0.1, -0.05) is 23.5 Å². The third kappa shape index (κ3) is 2.90. The van der Waals surface area contributed by atoms with E-state index in [9.17, 15) is 4.79 Å². The Morgan fingerprint density at radius 3 is 2.73 bits per heavy atom. The van der Waals surface area contributed by atoms with Crippen molar-refractivity contribution in [3.05, 3.63) is 46.8 Å². The Labute approximate surface area is 136 Å². The van der Waals surface area contributed by atoms with Gasteiger partial charge in [0.15, 0.2) is 5.01 Å². The first-order valence-corrected chi connectivity index (χ1v) is 8.37. The molecule has 0 saturated heterocycles. The van der Waals surface area contributed by atoms with Crippen LogP contribution in [0.3, 0.4) is 0 Å². The van der Waals surface area contributed by atoms with Crippen LogP contribution in [0.15, 0.2) is 41.9 Å². The molecule has 0 radical (unpaired) electrons. The van der Waals surface area contributed by atoms with E-state index >= 15 is 0 Å². The van der Waals surface area contributed by atoms with E-state index in [4.69, 9.17) is 0 Å². The van der Waals surface area contributed by atoms with E-state index in [-0.39, 0.29) is 5.91 Å². The second kappa shape index (κ2) is 5.94. The summed E-state index contributed by atoms with van der Waals surface area (Å²) in [7, 11) is 0. The van der Waals surface area contributed by atoms with E-state index in [1.54, 1.807) is 17.5 Å². The van der Waals surface area contributed by atoms with E-state index in [2.05, 4.69) is 20.5 Å². The van der Waals surface area contributed by atoms with Crippen molar-refractivity contribution in [2.75, 3.05) is 5.32 Å². The number of pyridine rings is 1. The van der Waals surface area contributed by atoms with Crippen molar-refractivity contribution in [2.24, 2.45) is 0 Å². The van der Waals surface area contributed by atoms with Crippen molar-refractivity contribution < 1.29 is 4.79 Å². The summed E-state index contributed by atoms with van der Waals surface area (Å²) in [6.07, 6.45) is 1.70. The van der Waals surface area contributed by atoms with Crippen LogP contribution in [0.1, 0.15) is 18.7 Å². The number of nitrogens with one attached hydrogen (secondary N) is 1. The smallest absolute Gasteiger partial charge is 0.237 e. The van der Waals surface area contributed by atoms with Crippen molar-refractivity contribution in [2.45, 2.75) is 19.3 Å². The van der Waals surface area contributed by atoms with Gasteiger partial charge >= 0.3 is 0 Å². The molecule has 1 amide bonds. The summed E-state index contributed by atoms with van der Waals surface area (Å²) in [5, 5.41) is 14.1.